The molecule has 0 aromatic heterocycles. The molecule has 0 aliphatic carbocycles. The van der Waals surface area contributed by atoms with Gasteiger partial charge in [-0.3, -0.25) is 9.59 Å². The van der Waals surface area contributed by atoms with Crippen LogP contribution in [0.25, 0.3) is 0 Å². The average molecular weight is 262 g/mol. The van der Waals surface area contributed by atoms with Crippen LogP contribution in [0.5, 0.6) is 0 Å². The van der Waals surface area contributed by atoms with Gasteiger partial charge in [-0.15, -0.1) is 0 Å². The Morgan fingerprint density at radius 3 is 2.11 bits per heavy atom. The van der Waals surface area contributed by atoms with Gasteiger partial charge in [0.05, 0.1) is 0 Å². The lowest BCUT2D eigenvalue weighted by Crippen LogP contribution is -2.28. The molecule has 0 bridgehead atoms. The Morgan fingerprint density at radius 2 is 1.63 bits per heavy atom. The number of carbonyl (C=O) groups excluding carboxylic acids is 2. The molecule has 2 N–H and O–H groups in total. The molecule has 2 amide bonds. The Hall–Kier alpha value is -1.84. The average Bonchev–Trinajstić information content (AvgIpc) is 2.44. The van der Waals surface area contributed by atoms with E-state index in [4.69, 9.17) is 0 Å². The Bertz CT molecular complexity index is 426. The van der Waals surface area contributed by atoms with E-state index in [0.29, 0.717) is 23.6 Å². The third-order valence-electron chi connectivity index (χ3n) is 3.03. The summed E-state index contributed by atoms with van der Waals surface area (Å²) in [6.07, 6.45) is 2.23. The first-order chi connectivity index (χ1) is 9.08. The van der Waals surface area contributed by atoms with Gasteiger partial charge in [0, 0.05) is 24.7 Å². The number of nitrogens with one attached hydrogen (secondary N) is 2. The highest BCUT2D eigenvalue weighted by molar-refractivity contribution is 5.97. The monoisotopic (exact) mass is 262 g/mol. The van der Waals surface area contributed by atoms with Crippen molar-refractivity contribution in [1.29, 1.82) is 0 Å². The van der Waals surface area contributed by atoms with Crippen molar-refractivity contribution in [3.05, 3.63) is 35.4 Å². The van der Waals surface area contributed by atoms with Crippen LogP contribution in [-0.4, -0.2) is 25.4 Å². The van der Waals surface area contributed by atoms with Crippen LogP contribution in [0.4, 0.5) is 0 Å². The Morgan fingerprint density at radius 1 is 1.11 bits per heavy atom. The van der Waals surface area contributed by atoms with Crippen LogP contribution >= 0.6 is 0 Å². The van der Waals surface area contributed by atoms with Gasteiger partial charge >= 0.3 is 0 Å². The van der Waals surface area contributed by atoms with Gasteiger partial charge in [-0.1, -0.05) is 20.3 Å². The molecule has 4 heteroatoms. The maximum Gasteiger partial charge on any atom is 0.251 e. The molecular weight excluding hydrogens is 240 g/mol. The molecule has 0 fully saturated rings. The quantitative estimate of drug-likeness (QED) is 0.825. The molecule has 0 saturated carbocycles. The van der Waals surface area contributed by atoms with Crippen molar-refractivity contribution in [3.8, 4) is 0 Å². The molecule has 4 nitrogen and oxygen atoms in total. The molecule has 0 radical (unpaired) electrons. The maximum atomic E-state index is 11.9. The van der Waals surface area contributed by atoms with Gasteiger partial charge in [0.2, 0.25) is 0 Å². The van der Waals surface area contributed by atoms with Gasteiger partial charge in [-0.25, -0.2) is 0 Å². The summed E-state index contributed by atoms with van der Waals surface area (Å²) in [6.45, 7) is 4.94. The van der Waals surface area contributed by atoms with Crippen LogP contribution in [0.2, 0.25) is 0 Å². The summed E-state index contributed by atoms with van der Waals surface area (Å²) in [5.74, 6) is 0.244. The predicted octanol–water partition coefficient (Wildman–Crippen LogP) is 2.21. The molecule has 1 aromatic carbocycles. The van der Waals surface area contributed by atoms with E-state index in [-0.39, 0.29) is 11.8 Å². The molecule has 1 rings (SSSR count). The molecular formula is C15H22N2O2. The van der Waals surface area contributed by atoms with E-state index < -0.39 is 0 Å². The SMILES string of the molecule is CCCC(C)CNC(=O)c1ccc(C(=O)NC)cc1. The fourth-order valence-corrected chi connectivity index (χ4v) is 1.88. The summed E-state index contributed by atoms with van der Waals surface area (Å²) >= 11 is 0. The highest BCUT2D eigenvalue weighted by Crippen LogP contribution is 2.06. The van der Waals surface area contributed by atoms with Crippen LogP contribution in [0.1, 0.15) is 47.4 Å². The summed E-state index contributed by atoms with van der Waals surface area (Å²) in [7, 11) is 1.58. The largest absolute Gasteiger partial charge is 0.355 e. The van der Waals surface area contributed by atoms with Crippen molar-refractivity contribution < 1.29 is 9.59 Å². The second-order valence-corrected chi connectivity index (χ2v) is 4.76. The lowest BCUT2D eigenvalue weighted by atomic mass is 10.1. The zero-order valence-electron chi connectivity index (χ0n) is 11.8. The molecule has 1 atom stereocenters. The molecule has 0 heterocycles. The van der Waals surface area contributed by atoms with Gasteiger partial charge in [-0.05, 0) is 36.6 Å². The molecule has 104 valence electrons. The molecule has 0 aliphatic heterocycles. The second kappa shape index (κ2) is 7.56. The smallest absolute Gasteiger partial charge is 0.251 e. The van der Waals surface area contributed by atoms with Crippen LogP contribution in [-0.2, 0) is 0 Å². The van der Waals surface area contributed by atoms with Crippen molar-refractivity contribution in [2.45, 2.75) is 26.7 Å². The zero-order chi connectivity index (χ0) is 14.3. The van der Waals surface area contributed by atoms with Crippen molar-refractivity contribution in [1.82, 2.24) is 10.6 Å². The minimum atomic E-state index is -0.150. The summed E-state index contributed by atoms with van der Waals surface area (Å²) in [4.78, 5) is 23.3. The summed E-state index contributed by atoms with van der Waals surface area (Å²) < 4.78 is 0. The zero-order valence-corrected chi connectivity index (χ0v) is 11.8. The van der Waals surface area contributed by atoms with Crippen LogP contribution in [0.3, 0.4) is 0 Å². The minimum Gasteiger partial charge on any atom is -0.355 e. The summed E-state index contributed by atoms with van der Waals surface area (Å²) in [5, 5.41) is 5.45. The van der Waals surface area contributed by atoms with E-state index in [9.17, 15) is 9.59 Å². The Labute approximate surface area is 114 Å². The van der Waals surface area contributed by atoms with E-state index in [0.717, 1.165) is 12.8 Å². The Kier molecular flexibility index (Phi) is 6.06. The predicted molar refractivity (Wildman–Crippen MR) is 76.2 cm³/mol. The first-order valence-corrected chi connectivity index (χ1v) is 6.68. The van der Waals surface area contributed by atoms with Crippen LogP contribution in [0.15, 0.2) is 24.3 Å². The van der Waals surface area contributed by atoms with Gasteiger partial charge in [-0.2, -0.15) is 0 Å². The van der Waals surface area contributed by atoms with Crippen molar-refractivity contribution in [2.75, 3.05) is 13.6 Å². The number of hydrogen-bond acceptors (Lipinski definition) is 2. The second-order valence-electron chi connectivity index (χ2n) is 4.76. The minimum absolute atomic E-state index is 0.0913. The van der Waals surface area contributed by atoms with E-state index in [1.54, 1.807) is 31.3 Å². The number of benzene rings is 1. The standard InChI is InChI=1S/C15H22N2O2/c1-4-5-11(2)10-17-15(19)13-8-6-12(7-9-13)14(18)16-3/h6-9,11H,4-5,10H2,1-3H3,(H,16,18)(H,17,19). The third-order valence-corrected chi connectivity index (χ3v) is 3.03. The normalized spacial score (nSPS) is 11.7. The highest BCUT2D eigenvalue weighted by Gasteiger charge is 2.09. The molecule has 19 heavy (non-hydrogen) atoms. The molecule has 0 aliphatic rings. The van der Waals surface area contributed by atoms with Crippen molar-refractivity contribution >= 4 is 11.8 Å². The molecule has 1 aromatic rings. The van der Waals surface area contributed by atoms with Gasteiger partial charge < -0.3 is 10.6 Å². The molecule has 0 spiro atoms. The summed E-state index contributed by atoms with van der Waals surface area (Å²) in [5.41, 5.74) is 1.13. The highest BCUT2D eigenvalue weighted by atomic mass is 16.2. The van der Waals surface area contributed by atoms with E-state index in [2.05, 4.69) is 24.5 Å². The maximum absolute atomic E-state index is 11.9. The Balaban J connectivity index is 2.56. The lowest BCUT2D eigenvalue weighted by molar-refractivity contribution is 0.0941. The topological polar surface area (TPSA) is 58.2 Å². The van der Waals surface area contributed by atoms with Crippen molar-refractivity contribution in [3.63, 3.8) is 0 Å². The van der Waals surface area contributed by atoms with Gasteiger partial charge in [0.15, 0.2) is 0 Å². The first kappa shape index (κ1) is 15.2. The van der Waals surface area contributed by atoms with E-state index in [1.807, 2.05) is 0 Å². The lowest BCUT2D eigenvalue weighted by Gasteiger charge is -2.11. The third kappa shape index (κ3) is 4.73. The number of carbonyl (C=O) groups is 2. The van der Waals surface area contributed by atoms with Gasteiger partial charge in [0.25, 0.3) is 11.8 Å². The van der Waals surface area contributed by atoms with Crippen molar-refractivity contribution in [2.24, 2.45) is 5.92 Å². The van der Waals surface area contributed by atoms with Gasteiger partial charge in [0.1, 0.15) is 0 Å². The van der Waals surface area contributed by atoms with E-state index in [1.165, 1.54) is 0 Å². The van der Waals surface area contributed by atoms with E-state index >= 15 is 0 Å². The fourth-order valence-electron chi connectivity index (χ4n) is 1.88. The number of amides is 2. The fraction of sp³-hybridized carbons (Fsp3) is 0.467. The molecule has 0 saturated heterocycles. The summed E-state index contributed by atoms with van der Waals surface area (Å²) in [6, 6.07) is 6.65. The van der Waals surface area contributed by atoms with Crippen LogP contribution < -0.4 is 10.6 Å². The van der Waals surface area contributed by atoms with Crippen LogP contribution in [0, 0.1) is 5.92 Å². The number of rotatable bonds is 6. The molecule has 1 unspecified atom stereocenters. The first-order valence-electron chi connectivity index (χ1n) is 6.68. The number of hydrogen-bond donors (Lipinski definition) is 2.